The molecule has 1 aromatic heterocycles. The molecule has 3 aromatic rings. The maximum absolute atomic E-state index is 12.2. The number of methoxy groups -OCH3 is 1. The van der Waals surface area contributed by atoms with Crippen LogP contribution in [0.1, 0.15) is 10.4 Å². The Bertz CT molecular complexity index is 945. The second-order valence-electron chi connectivity index (χ2n) is 4.67. The quantitative estimate of drug-likeness (QED) is 0.416. The summed E-state index contributed by atoms with van der Waals surface area (Å²) in [7, 11) is 1.52. The van der Waals surface area contributed by atoms with E-state index in [1.165, 1.54) is 19.2 Å². The van der Waals surface area contributed by atoms with Gasteiger partial charge in [-0.2, -0.15) is 0 Å². The number of hydrogen-bond acceptors (Lipinski definition) is 5. The van der Waals surface area contributed by atoms with E-state index in [0.717, 1.165) is 0 Å². The Hall–Kier alpha value is -2.79. The van der Waals surface area contributed by atoms with E-state index >= 15 is 0 Å². The summed E-state index contributed by atoms with van der Waals surface area (Å²) in [6.45, 7) is 0. The van der Waals surface area contributed by atoms with Crippen molar-refractivity contribution >= 4 is 28.5 Å². The molecule has 0 bridgehead atoms. The molecule has 0 aliphatic rings. The van der Waals surface area contributed by atoms with Crippen molar-refractivity contribution in [3.05, 3.63) is 69.5 Å². The van der Waals surface area contributed by atoms with Crippen molar-refractivity contribution in [3.8, 4) is 11.5 Å². The summed E-state index contributed by atoms with van der Waals surface area (Å²) in [4.78, 5) is 24.2. The fourth-order valence-electron chi connectivity index (χ4n) is 2.05. The first-order valence-corrected chi connectivity index (χ1v) is 7.05. The fraction of sp³-hybridized carbons (Fsp3) is 0.0588. The number of esters is 1. The summed E-state index contributed by atoms with van der Waals surface area (Å²) in [5.41, 5.74) is -0.643. The van der Waals surface area contributed by atoms with Crippen molar-refractivity contribution in [2.75, 3.05) is 7.11 Å². The second kappa shape index (κ2) is 6.14. The molecular formula is C17H11ClO5. The zero-order valence-electron chi connectivity index (χ0n) is 12.0. The van der Waals surface area contributed by atoms with Crippen molar-refractivity contribution in [3.63, 3.8) is 0 Å². The van der Waals surface area contributed by atoms with Gasteiger partial charge in [0, 0.05) is 5.39 Å². The van der Waals surface area contributed by atoms with Gasteiger partial charge >= 0.3 is 11.6 Å². The molecule has 0 aliphatic carbocycles. The largest absolute Gasteiger partial charge is 0.497 e. The number of carbonyl (C=O) groups is 1. The van der Waals surface area contributed by atoms with Crippen LogP contribution in [0, 0.1) is 0 Å². The van der Waals surface area contributed by atoms with Crippen molar-refractivity contribution in [1.82, 2.24) is 0 Å². The monoisotopic (exact) mass is 330 g/mol. The first kappa shape index (κ1) is 15.1. The van der Waals surface area contributed by atoms with Crippen LogP contribution in [0.2, 0.25) is 5.02 Å². The molecule has 0 saturated heterocycles. The minimum atomic E-state index is -0.837. The van der Waals surface area contributed by atoms with E-state index < -0.39 is 11.6 Å². The number of para-hydroxylation sites is 1. The summed E-state index contributed by atoms with van der Waals surface area (Å²) in [5, 5.41) is 0.822. The van der Waals surface area contributed by atoms with E-state index in [0.29, 0.717) is 16.7 Å². The Morgan fingerprint density at radius 3 is 2.65 bits per heavy atom. The molecular weight excluding hydrogens is 320 g/mol. The number of rotatable bonds is 3. The number of hydrogen-bond donors (Lipinski definition) is 0. The van der Waals surface area contributed by atoms with Crippen LogP contribution in [-0.2, 0) is 0 Å². The topological polar surface area (TPSA) is 65.7 Å². The van der Waals surface area contributed by atoms with Gasteiger partial charge in [0.1, 0.15) is 22.6 Å². The lowest BCUT2D eigenvalue weighted by Crippen LogP contribution is -2.18. The minimum absolute atomic E-state index is 0.171. The smallest absolute Gasteiger partial charge is 0.351 e. The van der Waals surface area contributed by atoms with Crippen LogP contribution in [-0.4, -0.2) is 13.1 Å². The van der Waals surface area contributed by atoms with Crippen LogP contribution in [0.4, 0.5) is 0 Å². The second-order valence-corrected chi connectivity index (χ2v) is 5.08. The highest BCUT2D eigenvalue weighted by molar-refractivity contribution is 6.32. The summed E-state index contributed by atoms with van der Waals surface area (Å²) in [6.07, 6.45) is 0. The van der Waals surface area contributed by atoms with Gasteiger partial charge in [-0.1, -0.05) is 23.7 Å². The summed E-state index contributed by atoms with van der Waals surface area (Å²) in [6, 6.07) is 12.8. The standard InChI is InChI=1S/C17H11ClO5/c1-21-11-6-7-14-10(8-11)9-12(16(19)22-14)17(20)23-15-5-3-2-4-13(15)18/h2-9H,1H3. The molecule has 0 aliphatic heterocycles. The molecule has 23 heavy (non-hydrogen) atoms. The Morgan fingerprint density at radius 1 is 1.13 bits per heavy atom. The van der Waals surface area contributed by atoms with E-state index in [9.17, 15) is 9.59 Å². The SMILES string of the molecule is COc1ccc2oc(=O)c(C(=O)Oc3ccccc3Cl)cc2c1. The van der Waals surface area contributed by atoms with E-state index in [2.05, 4.69) is 0 Å². The molecule has 6 heteroatoms. The number of carbonyl (C=O) groups excluding carboxylic acids is 1. The first-order chi connectivity index (χ1) is 11.1. The van der Waals surface area contributed by atoms with Gasteiger partial charge < -0.3 is 13.9 Å². The molecule has 0 N–H and O–H groups in total. The third kappa shape index (κ3) is 3.05. The molecule has 0 unspecified atom stereocenters. The Balaban J connectivity index is 2.01. The van der Waals surface area contributed by atoms with Crippen LogP contribution in [0.5, 0.6) is 11.5 Å². The van der Waals surface area contributed by atoms with Gasteiger partial charge in [-0.3, -0.25) is 0 Å². The summed E-state index contributed by atoms with van der Waals surface area (Å²) < 4.78 is 15.4. The molecule has 2 aromatic carbocycles. The Labute approximate surface area is 136 Å². The highest BCUT2D eigenvalue weighted by Crippen LogP contribution is 2.25. The zero-order chi connectivity index (χ0) is 16.4. The lowest BCUT2D eigenvalue weighted by Gasteiger charge is -2.06. The summed E-state index contributed by atoms with van der Waals surface area (Å²) in [5.74, 6) is -0.0855. The van der Waals surface area contributed by atoms with E-state index in [-0.39, 0.29) is 16.3 Å². The Morgan fingerprint density at radius 2 is 1.91 bits per heavy atom. The van der Waals surface area contributed by atoms with E-state index in [1.807, 2.05) is 0 Å². The van der Waals surface area contributed by atoms with Gasteiger partial charge in [-0.05, 0) is 36.4 Å². The average molecular weight is 331 g/mol. The molecule has 0 radical (unpaired) electrons. The predicted molar refractivity (Wildman–Crippen MR) is 85.4 cm³/mol. The number of benzene rings is 2. The number of ether oxygens (including phenoxy) is 2. The maximum Gasteiger partial charge on any atom is 0.351 e. The first-order valence-electron chi connectivity index (χ1n) is 6.67. The molecule has 116 valence electrons. The highest BCUT2D eigenvalue weighted by Gasteiger charge is 2.17. The third-order valence-electron chi connectivity index (χ3n) is 3.20. The van der Waals surface area contributed by atoms with Gasteiger partial charge in [-0.25, -0.2) is 9.59 Å². The molecule has 3 rings (SSSR count). The lowest BCUT2D eigenvalue weighted by molar-refractivity contribution is 0.0730. The Kier molecular flexibility index (Phi) is 4.04. The van der Waals surface area contributed by atoms with Gasteiger partial charge in [0.25, 0.3) is 0 Å². The van der Waals surface area contributed by atoms with E-state index in [4.69, 9.17) is 25.5 Å². The maximum atomic E-state index is 12.2. The van der Waals surface area contributed by atoms with Crippen LogP contribution in [0.3, 0.4) is 0 Å². The minimum Gasteiger partial charge on any atom is -0.497 e. The average Bonchev–Trinajstić information content (AvgIpc) is 2.55. The third-order valence-corrected chi connectivity index (χ3v) is 3.51. The van der Waals surface area contributed by atoms with Crippen molar-refractivity contribution < 1.29 is 18.7 Å². The molecule has 0 saturated carbocycles. The molecule has 0 amide bonds. The summed E-state index contributed by atoms with van der Waals surface area (Å²) >= 11 is 5.93. The molecule has 0 fully saturated rings. The molecule has 0 spiro atoms. The van der Waals surface area contributed by atoms with Crippen molar-refractivity contribution in [2.45, 2.75) is 0 Å². The lowest BCUT2D eigenvalue weighted by atomic mass is 10.2. The van der Waals surface area contributed by atoms with Gasteiger partial charge in [0.05, 0.1) is 12.1 Å². The molecule has 1 heterocycles. The molecule has 5 nitrogen and oxygen atoms in total. The number of fused-ring (bicyclic) bond motifs is 1. The van der Waals surface area contributed by atoms with Crippen LogP contribution < -0.4 is 15.1 Å². The van der Waals surface area contributed by atoms with Gasteiger partial charge in [-0.15, -0.1) is 0 Å². The van der Waals surface area contributed by atoms with Crippen molar-refractivity contribution in [1.29, 1.82) is 0 Å². The van der Waals surface area contributed by atoms with Crippen LogP contribution in [0.25, 0.3) is 11.0 Å². The van der Waals surface area contributed by atoms with E-state index in [1.54, 1.807) is 36.4 Å². The van der Waals surface area contributed by atoms with Crippen molar-refractivity contribution in [2.24, 2.45) is 0 Å². The molecule has 0 atom stereocenters. The fourth-order valence-corrected chi connectivity index (χ4v) is 2.23. The van der Waals surface area contributed by atoms with Crippen LogP contribution >= 0.6 is 11.6 Å². The highest BCUT2D eigenvalue weighted by atomic mass is 35.5. The van der Waals surface area contributed by atoms with Crippen LogP contribution in [0.15, 0.2) is 57.7 Å². The number of halogens is 1. The predicted octanol–water partition coefficient (Wildman–Crippen LogP) is 3.67. The van der Waals surface area contributed by atoms with Gasteiger partial charge in [0.15, 0.2) is 0 Å². The zero-order valence-corrected chi connectivity index (χ0v) is 12.8. The normalized spacial score (nSPS) is 10.5. The van der Waals surface area contributed by atoms with Gasteiger partial charge in [0.2, 0.25) is 0 Å².